The second kappa shape index (κ2) is 3.54. The van der Waals surface area contributed by atoms with Crippen LogP contribution in [0.4, 0.5) is 5.69 Å². The molecule has 0 aliphatic rings. The number of aromatic nitrogens is 1. The van der Waals surface area contributed by atoms with Crippen LogP contribution in [-0.4, -0.2) is 5.16 Å². The first-order chi connectivity index (χ1) is 6.79. The van der Waals surface area contributed by atoms with Crippen molar-refractivity contribution in [2.45, 2.75) is 12.8 Å². The zero-order valence-corrected chi connectivity index (χ0v) is 7.97. The highest BCUT2D eigenvalue weighted by Gasteiger charge is 2.15. The third-order valence-corrected chi connectivity index (χ3v) is 2.32. The Morgan fingerprint density at radius 2 is 2.00 bits per heavy atom. The highest BCUT2D eigenvalue weighted by atomic mass is 16.5. The van der Waals surface area contributed by atoms with Crippen LogP contribution in [0.15, 0.2) is 41.1 Å². The van der Waals surface area contributed by atoms with E-state index in [4.69, 9.17) is 10.3 Å². The van der Waals surface area contributed by atoms with Gasteiger partial charge in [0.2, 0.25) is 0 Å². The molecule has 1 aromatic carbocycles. The molecule has 3 heteroatoms. The Labute approximate surface area is 82.5 Å². The van der Waals surface area contributed by atoms with Crippen molar-refractivity contribution in [3.63, 3.8) is 0 Å². The van der Waals surface area contributed by atoms with E-state index in [1.165, 1.54) is 11.8 Å². The Balaban J connectivity index is 2.34. The number of nitrogens with two attached hydrogens (primary N) is 1. The highest BCUT2D eigenvalue weighted by Crippen LogP contribution is 2.27. The van der Waals surface area contributed by atoms with Gasteiger partial charge in [-0.15, -0.1) is 0 Å². The molecule has 1 heterocycles. The van der Waals surface area contributed by atoms with Crippen LogP contribution in [0.3, 0.4) is 0 Å². The monoisotopic (exact) mass is 188 g/mol. The lowest BCUT2D eigenvalue weighted by atomic mass is 9.98. The molecule has 0 aliphatic heterocycles. The van der Waals surface area contributed by atoms with Crippen LogP contribution in [0.25, 0.3) is 0 Å². The van der Waals surface area contributed by atoms with E-state index in [-0.39, 0.29) is 5.92 Å². The molecular weight excluding hydrogens is 176 g/mol. The molecule has 2 N–H and O–H groups in total. The predicted octanol–water partition coefficient (Wildman–Crippen LogP) is 2.41. The normalized spacial score (nSPS) is 12.6. The van der Waals surface area contributed by atoms with Crippen LogP contribution < -0.4 is 5.73 Å². The third-order valence-electron chi connectivity index (χ3n) is 2.32. The lowest BCUT2D eigenvalue weighted by Crippen LogP contribution is -1.97. The van der Waals surface area contributed by atoms with E-state index in [1.807, 2.05) is 37.3 Å². The van der Waals surface area contributed by atoms with Crippen molar-refractivity contribution >= 4 is 5.69 Å². The predicted molar refractivity (Wildman–Crippen MR) is 54.9 cm³/mol. The van der Waals surface area contributed by atoms with Crippen molar-refractivity contribution < 1.29 is 4.52 Å². The van der Waals surface area contributed by atoms with Crippen LogP contribution in [-0.2, 0) is 0 Å². The number of nitrogens with zero attached hydrogens (tertiary/aromatic N) is 1. The topological polar surface area (TPSA) is 52.0 Å². The average molecular weight is 188 g/mol. The minimum atomic E-state index is 0.152. The first-order valence-corrected chi connectivity index (χ1v) is 4.54. The number of benzene rings is 1. The van der Waals surface area contributed by atoms with Crippen molar-refractivity contribution in [1.82, 2.24) is 5.16 Å². The maximum Gasteiger partial charge on any atom is 0.166 e. The minimum absolute atomic E-state index is 0.152. The van der Waals surface area contributed by atoms with Crippen LogP contribution in [0.5, 0.6) is 0 Å². The molecule has 1 unspecified atom stereocenters. The van der Waals surface area contributed by atoms with E-state index in [0.717, 1.165) is 5.76 Å². The Hall–Kier alpha value is -1.77. The summed E-state index contributed by atoms with van der Waals surface area (Å²) in [5.41, 5.74) is 7.51. The molecule has 0 amide bonds. The first kappa shape index (κ1) is 8.81. The largest absolute Gasteiger partial charge is 0.395 e. The molecule has 1 atom stereocenters. The molecule has 0 radical (unpaired) electrons. The Bertz CT molecular complexity index is 408. The highest BCUT2D eigenvalue weighted by molar-refractivity contribution is 5.43. The van der Waals surface area contributed by atoms with Crippen molar-refractivity contribution in [3.05, 3.63) is 47.9 Å². The summed E-state index contributed by atoms with van der Waals surface area (Å²) in [6.07, 6.45) is 1.54. The maximum absolute atomic E-state index is 5.72. The zero-order chi connectivity index (χ0) is 9.97. The molecule has 2 rings (SSSR count). The molecule has 14 heavy (non-hydrogen) atoms. The summed E-state index contributed by atoms with van der Waals surface area (Å²) >= 11 is 0. The van der Waals surface area contributed by atoms with Gasteiger partial charge < -0.3 is 10.3 Å². The van der Waals surface area contributed by atoms with E-state index in [1.54, 1.807) is 0 Å². The molecule has 0 saturated carbocycles. The number of hydrogen-bond donors (Lipinski definition) is 1. The molecule has 0 spiro atoms. The molecule has 0 bridgehead atoms. The van der Waals surface area contributed by atoms with Crippen molar-refractivity contribution in [2.24, 2.45) is 0 Å². The Kier molecular flexibility index (Phi) is 2.23. The van der Waals surface area contributed by atoms with Gasteiger partial charge in [-0.3, -0.25) is 0 Å². The van der Waals surface area contributed by atoms with Gasteiger partial charge in [-0.2, -0.15) is 0 Å². The van der Waals surface area contributed by atoms with Gasteiger partial charge in [0.05, 0.1) is 11.9 Å². The maximum atomic E-state index is 5.72. The van der Waals surface area contributed by atoms with Crippen LogP contribution in [0, 0.1) is 0 Å². The molecule has 72 valence electrons. The molecular formula is C11H12N2O. The summed E-state index contributed by atoms with van der Waals surface area (Å²) in [7, 11) is 0. The van der Waals surface area contributed by atoms with Gasteiger partial charge in [0.25, 0.3) is 0 Å². The van der Waals surface area contributed by atoms with E-state index >= 15 is 0 Å². The Morgan fingerprint density at radius 3 is 2.57 bits per heavy atom. The van der Waals surface area contributed by atoms with Crippen molar-refractivity contribution in [3.8, 4) is 0 Å². The van der Waals surface area contributed by atoms with Gasteiger partial charge in [0, 0.05) is 5.92 Å². The quantitative estimate of drug-likeness (QED) is 0.787. The number of rotatable bonds is 2. The molecule has 2 aromatic rings. The van der Waals surface area contributed by atoms with Gasteiger partial charge in [0.15, 0.2) is 5.76 Å². The molecule has 3 nitrogen and oxygen atoms in total. The fourth-order valence-corrected chi connectivity index (χ4v) is 1.48. The third kappa shape index (κ3) is 1.48. The number of hydrogen-bond acceptors (Lipinski definition) is 3. The second-order valence-corrected chi connectivity index (χ2v) is 3.28. The lowest BCUT2D eigenvalue weighted by Gasteiger charge is -2.08. The van der Waals surface area contributed by atoms with E-state index in [9.17, 15) is 0 Å². The van der Waals surface area contributed by atoms with Crippen molar-refractivity contribution in [2.75, 3.05) is 5.73 Å². The van der Waals surface area contributed by atoms with Gasteiger partial charge >= 0.3 is 0 Å². The molecule has 0 saturated heterocycles. The van der Waals surface area contributed by atoms with E-state index in [0.29, 0.717) is 5.69 Å². The summed E-state index contributed by atoms with van der Waals surface area (Å²) in [4.78, 5) is 0. The first-order valence-electron chi connectivity index (χ1n) is 4.54. The van der Waals surface area contributed by atoms with Crippen molar-refractivity contribution in [1.29, 1.82) is 0 Å². The van der Waals surface area contributed by atoms with E-state index < -0.39 is 0 Å². The van der Waals surface area contributed by atoms with Crippen LogP contribution >= 0.6 is 0 Å². The zero-order valence-electron chi connectivity index (χ0n) is 7.97. The number of nitrogen functional groups attached to an aromatic ring is 1. The van der Waals surface area contributed by atoms with E-state index in [2.05, 4.69) is 5.16 Å². The van der Waals surface area contributed by atoms with Gasteiger partial charge in [-0.25, -0.2) is 0 Å². The Morgan fingerprint density at radius 1 is 1.29 bits per heavy atom. The molecule has 0 fully saturated rings. The average Bonchev–Trinajstić information content (AvgIpc) is 2.65. The summed E-state index contributed by atoms with van der Waals surface area (Å²) in [5, 5.41) is 3.67. The summed E-state index contributed by atoms with van der Waals surface area (Å²) in [6.45, 7) is 2.05. The van der Waals surface area contributed by atoms with Gasteiger partial charge in [-0.05, 0) is 5.56 Å². The smallest absolute Gasteiger partial charge is 0.166 e. The standard InChI is InChI=1S/C11H12N2O/c1-8(9-5-3-2-4-6-9)11-10(12)7-13-14-11/h2-8H,12H2,1H3. The summed E-state index contributed by atoms with van der Waals surface area (Å²) in [5.74, 6) is 0.884. The van der Waals surface area contributed by atoms with Gasteiger partial charge in [0.1, 0.15) is 0 Å². The second-order valence-electron chi connectivity index (χ2n) is 3.28. The SMILES string of the molecule is CC(c1ccccc1)c1oncc1N. The van der Waals surface area contributed by atoms with Gasteiger partial charge in [-0.1, -0.05) is 42.4 Å². The van der Waals surface area contributed by atoms with Crippen LogP contribution in [0.1, 0.15) is 24.2 Å². The molecule has 1 aromatic heterocycles. The summed E-state index contributed by atoms with van der Waals surface area (Å²) < 4.78 is 5.11. The molecule has 0 aliphatic carbocycles. The fraction of sp³-hybridized carbons (Fsp3) is 0.182. The fourth-order valence-electron chi connectivity index (χ4n) is 1.48. The summed E-state index contributed by atoms with van der Waals surface area (Å²) in [6, 6.07) is 10.1. The minimum Gasteiger partial charge on any atom is -0.395 e. The number of anilines is 1. The van der Waals surface area contributed by atoms with Crippen LogP contribution in [0.2, 0.25) is 0 Å². The lowest BCUT2D eigenvalue weighted by molar-refractivity contribution is 0.376.